The van der Waals surface area contributed by atoms with Crippen LogP contribution in [0, 0.1) is 20.2 Å². The van der Waals surface area contributed by atoms with Crippen LogP contribution in [-0.4, -0.2) is 27.8 Å². The molecule has 1 aromatic carbocycles. The Bertz CT molecular complexity index is 603. The highest BCUT2D eigenvalue weighted by Crippen LogP contribution is 2.26. The molecule has 0 aliphatic rings. The minimum atomic E-state index is -0.884. The Kier molecular flexibility index (Phi) is 5.11. The van der Waals surface area contributed by atoms with E-state index in [9.17, 15) is 25.0 Å². The van der Waals surface area contributed by atoms with Crippen molar-refractivity contribution >= 4 is 23.7 Å². The molecule has 10 nitrogen and oxygen atoms in total. The van der Waals surface area contributed by atoms with Crippen LogP contribution in [0.4, 0.5) is 16.2 Å². The van der Waals surface area contributed by atoms with E-state index in [1.807, 2.05) is 5.43 Å². The van der Waals surface area contributed by atoms with Crippen LogP contribution < -0.4 is 5.43 Å². The van der Waals surface area contributed by atoms with Gasteiger partial charge in [0.05, 0.1) is 16.1 Å². The number of benzene rings is 1. The van der Waals surface area contributed by atoms with Gasteiger partial charge in [-0.15, -0.1) is 0 Å². The maximum atomic E-state index is 11.4. The average molecular weight is 310 g/mol. The number of amides is 1. The van der Waals surface area contributed by atoms with Crippen LogP contribution in [0.3, 0.4) is 0 Å². The highest BCUT2D eigenvalue weighted by Gasteiger charge is 2.23. The lowest BCUT2D eigenvalue weighted by molar-refractivity contribution is -0.394. The predicted octanol–water partition coefficient (Wildman–Crippen LogP) is 2.36. The second kappa shape index (κ2) is 6.61. The number of hydrazone groups is 1. The van der Waals surface area contributed by atoms with Gasteiger partial charge in [-0.05, 0) is 26.8 Å². The van der Waals surface area contributed by atoms with Crippen molar-refractivity contribution in [3.8, 4) is 0 Å². The fourth-order valence-corrected chi connectivity index (χ4v) is 1.44. The molecule has 0 unspecified atom stereocenters. The molecule has 1 aromatic rings. The summed E-state index contributed by atoms with van der Waals surface area (Å²) in [7, 11) is 0. The quantitative estimate of drug-likeness (QED) is 0.514. The lowest BCUT2D eigenvalue weighted by Gasteiger charge is -2.18. The second-order valence-corrected chi connectivity index (χ2v) is 5.10. The molecule has 0 fully saturated rings. The fourth-order valence-electron chi connectivity index (χ4n) is 1.44. The predicted molar refractivity (Wildman–Crippen MR) is 76.7 cm³/mol. The van der Waals surface area contributed by atoms with Crippen LogP contribution >= 0.6 is 0 Å². The van der Waals surface area contributed by atoms with Gasteiger partial charge in [0, 0.05) is 12.1 Å². The largest absolute Gasteiger partial charge is 0.443 e. The van der Waals surface area contributed by atoms with Gasteiger partial charge in [-0.3, -0.25) is 20.2 Å². The maximum absolute atomic E-state index is 11.4. The molecule has 0 spiro atoms. The van der Waals surface area contributed by atoms with Crippen LogP contribution in [-0.2, 0) is 4.74 Å². The molecule has 0 heterocycles. The molecular weight excluding hydrogens is 296 g/mol. The van der Waals surface area contributed by atoms with E-state index in [-0.39, 0.29) is 5.56 Å². The molecule has 0 saturated carbocycles. The smallest absolute Gasteiger partial charge is 0.428 e. The zero-order valence-corrected chi connectivity index (χ0v) is 12.1. The summed E-state index contributed by atoms with van der Waals surface area (Å²) >= 11 is 0. The van der Waals surface area contributed by atoms with Gasteiger partial charge in [0.15, 0.2) is 0 Å². The van der Waals surface area contributed by atoms with Crippen molar-refractivity contribution in [2.24, 2.45) is 5.10 Å². The van der Waals surface area contributed by atoms with Crippen molar-refractivity contribution in [3.05, 3.63) is 44.0 Å². The zero-order chi connectivity index (χ0) is 16.9. The normalized spacial score (nSPS) is 11.2. The van der Waals surface area contributed by atoms with Crippen molar-refractivity contribution in [2.45, 2.75) is 26.4 Å². The number of nitrogens with zero attached hydrogens (tertiary/aromatic N) is 3. The van der Waals surface area contributed by atoms with Crippen LogP contribution in [0.2, 0.25) is 0 Å². The van der Waals surface area contributed by atoms with Crippen molar-refractivity contribution in [1.29, 1.82) is 0 Å². The Balaban J connectivity index is 3.01. The van der Waals surface area contributed by atoms with E-state index in [1.165, 1.54) is 6.07 Å². The first-order chi connectivity index (χ1) is 10.1. The highest BCUT2D eigenvalue weighted by molar-refractivity contribution is 5.91. The summed E-state index contributed by atoms with van der Waals surface area (Å²) in [5, 5.41) is 25.2. The molecule has 0 aromatic heterocycles. The van der Waals surface area contributed by atoms with E-state index in [2.05, 4.69) is 5.10 Å². The van der Waals surface area contributed by atoms with Gasteiger partial charge in [0.1, 0.15) is 11.2 Å². The van der Waals surface area contributed by atoms with Crippen molar-refractivity contribution in [3.63, 3.8) is 0 Å². The number of carbonyl (C=O) groups is 1. The Morgan fingerprint density at radius 2 is 1.73 bits per heavy atom. The summed E-state index contributed by atoms with van der Waals surface area (Å²) in [6.07, 6.45) is -0.0508. The Morgan fingerprint density at radius 3 is 2.14 bits per heavy atom. The van der Waals surface area contributed by atoms with Crippen LogP contribution in [0.5, 0.6) is 0 Å². The molecule has 1 rings (SSSR count). The average Bonchev–Trinajstić information content (AvgIpc) is 2.36. The van der Waals surface area contributed by atoms with Gasteiger partial charge in [-0.2, -0.15) is 5.10 Å². The summed E-state index contributed by atoms with van der Waals surface area (Å²) in [6.45, 7) is 4.93. The van der Waals surface area contributed by atoms with E-state index < -0.39 is 32.9 Å². The number of nitro benzene ring substituents is 2. The molecule has 118 valence electrons. The second-order valence-electron chi connectivity index (χ2n) is 5.10. The van der Waals surface area contributed by atoms with Crippen LogP contribution in [0.1, 0.15) is 26.3 Å². The van der Waals surface area contributed by atoms with Crippen molar-refractivity contribution < 1.29 is 19.4 Å². The van der Waals surface area contributed by atoms with E-state index in [0.29, 0.717) is 0 Å². The molecule has 1 amide bonds. The number of hydrogen-bond donors (Lipinski definition) is 1. The summed E-state index contributed by atoms with van der Waals surface area (Å²) in [5.41, 5.74) is -0.0807. The van der Waals surface area contributed by atoms with Crippen LogP contribution in [0.15, 0.2) is 23.3 Å². The number of hydrogen-bond acceptors (Lipinski definition) is 7. The topological polar surface area (TPSA) is 137 Å². The summed E-state index contributed by atoms with van der Waals surface area (Å²) < 4.78 is 4.90. The van der Waals surface area contributed by atoms with Gasteiger partial charge in [0.2, 0.25) is 0 Å². The first kappa shape index (κ1) is 17.0. The first-order valence-electron chi connectivity index (χ1n) is 6.05. The van der Waals surface area contributed by atoms with Gasteiger partial charge >= 0.3 is 6.09 Å². The lowest BCUT2D eigenvalue weighted by atomic mass is 10.1. The number of rotatable bonds is 4. The molecule has 1 N–H and O–H groups in total. The van der Waals surface area contributed by atoms with Gasteiger partial charge in [0.25, 0.3) is 11.4 Å². The lowest BCUT2D eigenvalue weighted by Crippen LogP contribution is -2.29. The third kappa shape index (κ3) is 4.81. The molecule has 0 radical (unpaired) electrons. The van der Waals surface area contributed by atoms with E-state index >= 15 is 0 Å². The minimum absolute atomic E-state index is 0.325. The Hall–Kier alpha value is -3.04. The minimum Gasteiger partial charge on any atom is -0.443 e. The van der Waals surface area contributed by atoms with Gasteiger partial charge in [-0.1, -0.05) is 0 Å². The van der Waals surface area contributed by atoms with E-state index in [1.54, 1.807) is 20.8 Å². The van der Waals surface area contributed by atoms with E-state index in [0.717, 1.165) is 18.3 Å². The third-order valence-corrected chi connectivity index (χ3v) is 2.20. The molecule has 0 bridgehead atoms. The van der Waals surface area contributed by atoms with Gasteiger partial charge in [-0.25, -0.2) is 10.2 Å². The molecule has 0 aliphatic heterocycles. The standard InChI is InChI=1S/C12H14N4O6/c1-12(2,3)22-11(17)14-13-7-8-9(15(18)19)5-4-6-10(8)16(20)21/h4-7H,1-3H3,(H,14,17)/b13-7+. The third-order valence-electron chi connectivity index (χ3n) is 2.20. The molecule has 0 atom stereocenters. The maximum Gasteiger partial charge on any atom is 0.428 e. The monoisotopic (exact) mass is 310 g/mol. The first-order valence-corrected chi connectivity index (χ1v) is 6.05. The van der Waals surface area contributed by atoms with Crippen molar-refractivity contribution in [2.75, 3.05) is 0 Å². The summed E-state index contributed by atoms with van der Waals surface area (Å²) in [5.74, 6) is 0. The zero-order valence-electron chi connectivity index (χ0n) is 12.1. The SMILES string of the molecule is CC(C)(C)OC(=O)N/N=C/c1c([N+](=O)[O-])cccc1[N+](=O)[O-]. The van der Waals surface area contributed by atoms with Crippen molar-refractivity contribution in [1.82, 2.24) is 5.43 Å². The molecule has 0 aliphatic carbocycles. The Morgan fingerprint density at radius 1 is 1.23 bits per heavy atom. The van der Waals surface area contributed by atoms with Crippen LogP contribution in [0.25, 0.3) is 0 Å². The molecule has 22 heavy (non-hydrogen) atoms. The summed E-state index contributed by atoms with van der Waals surface area (Å²) in [6, 6.07) is 3.39. The Labute approximate surface area is 125 Å². The number of carbonyl (C=O) groups excluding carboxylic acids is 1. The number of nitro groups is 2. The number of nitrogens with one attached hydrogen (secondary N) is 1. The highest BCUT2D eigenvalue weighted by atomic mass is 16.6. The molecule has 0 saturated heterocycles. The fraction of sp³-hybridized carbons (Fsp3) is 0.333. The van der Waals surface area contributed by atoms with E-state index in [4.69, 9.17) is 4.74 Å². The molecular formula is C12H14N4O6. The number of ether oxygens (including phenoxy) is 1. The summed E-state index contributed by atoms with van der Waals surface area (Å²) in [4.78, 5) is 31.6. The van der Waals surface area contributed by atoms with Gasteiger partial charge < -0.3 is 4.74 Å². The molecule has 10 heteroatoms.